The van der Waals surface area contributed by atoms with Crippen LogP contribution in [0.25, 0.3) is 0 Å². The number of aliphatic hydroxyl groups excluding tert-OH is 2. The molecule has 2 amide bonds. The Kier molecular flexibility index (Phi) is 14.1. The molecule has 19 nitrogen and oxygen atoms in total. The summed E-state index contributed by atoms with van der Waals surface area (Å²) in [7, 11) is 5.39. The average Bonchev–Trinajstić information content (AvgIpc) is 3.25. The number of Topliss-reactive ketones (excluding diaryl/α,β-unsaturated/α-hetero) is 1. The van der Waals surface area contributed by atoms with Crippen molar-refractivity contribution in [3.63, 3.8) is 0 Å². The van der Waals surface area contributed by atoms with Crippen LogP contribution in [0.4, 0.5) is 0 Å². The SMILES string of the molecule is CC(=O)O[C@H]1C(=O)[C@@]2(C)C(C(OC(=O)c3ccccc3)[C@]3(O)C[C@H](OC(=O)[C@H](O)[C@@H](NC(=O)/C(C)=N/NC(=O)C[N+](C)(C)C)c4ccccc4)C(C)=C1C3(C)C)[C@]1(OC(C)=O)CO[C@@H]1C[C@@H]2O. The fourth-order valence-electron chi connectivity index (χ4n) is 10.3. The van der Waals surface area contributed by atoms with Crippen molar-refractivity contribution in [1.82, 2.24) is 10.7 Å². The zero-order valence-corrected chi connectivity index (χ0v) is 39.4. The van der Waals surface area contributed by atoms with Gasteiger partial charge in [-0.05, 0) is 49.6 Å². The Morgan fingerprint density at radius 2 is 1.52 bits per heavy atom. The molecule has 2 aromatic carbocycles. The van der Waals surface area contributed by atoms with Crippen molar-refractivity contribution in [1.29, 1.82) is 0 Å². The van der Waals surface area contributed by atoms with Gasteiger partial charge in [0.15, 0.2) is 30.1 Å². The lowest BCUT2D eigenvalue weighted by Crippen LogP contribution is -2.82. The quantitative estimate of drug-likeness (QED) is 0.0478. The van der Waals surface area contributed by atoms with Gasteiger partial charge in [0.2, 0.25) is 0 Å². The Hall–Kier alpha value is -5.86. The molecule has 5 N–H and O–H groups in total. The first-order valence-corrected chi connectivity index (χ1v) is 22.0. The topological polar surface area (TPSA) is 263 Å². The number of hydrogen-bond acceptors (Lipinski definition) is 16. The maximum atomic E-state index is 15.5. The van der Waals surface area contributed by atoms with Gasteiger partial charge >= 0.3 is 23.9 Å². The smallest absolute Gasteiger partial charge is 0.338 e. The maximum Gasteiger partial charge on any atom is 0.338 e. The number of hydrazone groups is 1. The molecule has 4 aliphatic rings. The van der Waals surface area contributed by atoms with Gasteiger partial charge in [-0.15, -0.1) is 0 Å². The molecule has 19 heteroatoms. The van der Waals surface area contributed by atoms with Crippen molar-refractivity contribution in [3.05, 3.63) is 82.9 Å². The van der Waals surface area contributed by atoms with Gasteiger partial charge in [-0.3, -0.25) is 24.0 Å². The first-order valence-electron chi connectivity index (χ1n) is 22.0. The van der Waals surface area contributed by atoms with Gasteiger partial charge in [0.1, 0.15) is 29.6 Å². The summed E-state index contributed by atoms with van der Waals surface area (Å²) < 4.78 is 30.6. The van der Waals surface area contributed by atoms with Crippen LogP contribution in [-0.2, 0) is 52.5 Å². The van der Waals surface area contributed by atoms with Gasteiger partial charge in [0, 0.05) is 32.1 Å². The summed E-state index contributed by atoms with van der Waals surface area (Å²) in [5.41, 5.74) is -5.51. The first-order chi connectivity index (χ1) is 31.2. The van der Waals surface area contributed by atoms with E-state index >= 15 is 4.79 Å². The summed E-state index contributed by atoms with van der Waals surface area (Å²) in [6.07, 6.45) is -10.9. The van der Waals surface area contributed by atoms with Crippen molar-refractivity contribution in [2.45, 2.75) is 115 Å². The number of esters is 4. The number of ketones is 1. The van der Waals surface area contributed by atoms with Crippen molar-refractivity contribution < 1.29 is 77.0 Å². The Labute approximate surface area is 388 Å². The molecule has 0 spiro atoms. The summed E-state index contributed by atoms with van der Waals surface area (Å²) in [5.74, 6) is -7.78. The summed E-state index contributed by atoms with van der Waals surface area (Å²) in [5, 5.41) is 44.1. The lowest BCUT2D eigenvalue weighted by molar-refractivity contribution is -0.862. The second-order valence-electron chi connectivity index (χ2n) is 19.7. The number of nitrogens with zero attached hydrogens (tertiary/aromatic N) is 2. The zero-order valence-electron chi connectivity index (χ0n) is 39.4. The molecule has 67 heavy (non-hydrogen) atoms. The normalized spacial score (nSPS) is 30.9. The second-order valence-corrected chi connectivity index (χ2v) is 19.7. The molecule has 2 aromatic rings. The summed E-state index contributed by atoms with van der Waals surface area (Å²) >= 11 is 0. The van der Waals surface area contributed by atoms with Crippen molar-refractivity contribution in [2.24, 2.45) is 21.8 Å². The Morgan fingerprint density at radius 1 is 0.910 bits per heavy atom. The van der Waals surface area contributed by atoms with Gasteiger partial charge in [-0.1, -0.05) is 62.4 Å². The first kappa shape index (κ1) is 50.6. The van der Waals surface area contributed by atoms with E-state index in [4.69, 9.17) is 23.7 Å². The molecule has 6 rings (SSSR count). The van der Waals surface area contributed by atoms with E-state index in [0.29, 0.717) is 0 Å². The van der Waals surface area contributed by atoms with E-state index in [0.717, 1.165) is 13.8 Å². The molecule has 1 aliphatic heterocycles. The molecular weight excluding hydrogens is 873 g/mol. The third kappa shape index (κ3) is 9.39. The van der Waals surface area contributed by atoms with Crippen LogP contribution in [-0.4, -0.2) is 149 Å². The van der Waals surface area contributed by atoms with Gasteiger partial charge in [-0.2, -0.15) is 5.10 Å². The lowest BCUT2D eigenvalue weighted by Gasteiger charge is -2.67. The van der Waals surface area contributed by atoms with Crippen LogP contribution in [0.5, 0.6) is 0 Å². The Morgan fingerprint density at radius 3 is 2.07 bits per heavy atom. The fourth-order valence-corrected chi connectivity index (χ4v) is 10.3. The highest BCUT2D eigenvalue weighted by Gasteiger charge is 2.78. The third-order valence-corrected chi connectivity index (χ3v) is 13.7. The van der Waals surface area contributed by atoms with Gasteiger partial charge in [0.25, 0.3) is 11.8 Å². The Bertz CT molecular complexity index is 2360. The molecule has 362 valence electrons. The van der Waals surface area contributed by atoms with Gasteiger partial charge in [-0.25, -0.2) is 15.0 Å². The number of amides is 2. The van der Waals surface area contributed by atoms with Crippen LogP contribution in [0.2, 0.25) is 0 Å². The number of aliphatic hydroxyl groups is 3. The molecule has 2 bridgehead atoms. The highest BCUT2D eigenvalue weighted by Crippen LogP contribution is 2.64. The minimum atomic E-state index is -2.44. The number of quaternary nitrogens is 1. The van der Waals surface area contributed by atoms with E-state index in [1.165, 1.54) is 46.8 Å². The number of ether oxygens (including phenoxy) is 5. The van der Waals surface area contributed by atoms with Gasteiger partial charge in [0.05, 0.1) is 56.8 Å². The van der Waals surface area contributed by atoms with Gasteiger partial charge < -0.3 is 48.8 Å². The maximum absolute atomic E-state index is 15.5. The van der Waals surface area contributed by atoms with E-state index in [-0.39, 0.29) is 52.0 Å². The van der Waals surface area contributed by atoms with E-state index in [1.54, 1.807) is 69.7 Å². The minimum Gasteiger partial charge on any atom is -0.456 e. The summed E-state index contributed by atoms with van der Waals surface area (Å²) in [6.45, 7) is 9.19. The molecule has 11 atom stereocenters. The Balaban J connectivity index is 1.47. The number of carbonyl (C=O) groups is 7. The number of fused-ring (bicyclic) bond motifs is 5. The van der Waals surface area contributed by atoms with Crippen LogP contribution in [0, 0.1) is 16.7 Å². The van der Waals surface area contributed by atoms with Crippen molar-refractivity contribution in [2.75, 3.05) is 34.3 Å². The highest BCUT2D eigenvalue weighted by atomic mass is 16.6. The van der Waals surface area contributed by atoms with Crippen LogP contribution in [0.1, 0.15) is 83.3 Å². The minimum absolute atomic E-state index is 0.0399. The average molecular weight is 934 g/mol. The van der Waals surface area contributed by atoms with Crippen LogP contribution >= 0.6 is 0 Å². The van der Waals surface area contributed by atoms with E-state index in [1.807, 2.05) is 0 Å². The number of carbonyl (C=O) groups excluding carboxylic acids is 7. The molecule has 1 saturated heterocycles. The predicted octanol–water partition coefficient (Wildman–Crippen LogP) is 1.62. The van der Waals surface area contributed by atoms with Crippen molar-refractivity contribution >= 4 is 47.2 Å². The van der Waals surface area contributed by atoms with E-state index < -0.39 is 119 Å². The van der Waals surface area contributed by atoms with Crippen LogP contribution < -0.4 is 10.7 Å². The zero-order chi connectivity index (χ0) is 49.6. The molecule has 3 fully saturated rings. The van der Waals surface area contributed by atoms with E-state index in [9.17, 15) is 44.1 Å². The number of nitrogens with one attached hydrogen (secondary N) is 2. The molecule has 0 radical (unpaired) electrons. The largest absolute Gasteiger partial charge is 0.456 e. The van der Waals surface area contributed by atoms with Crippen LogP contribution in [0.3, 0.4) is 0 Å². The molecule has 1 heterocycles. The molecule has 0 aromatic heterocycles. The van der Waals surface area contributed by atoms with E-state index in [2.05, 4.69) is 15.8 Å². The van der Waals surface area contributed by atoms with Crippen LogP contribution in [0.15, 0.2) is 76.9 Å². The standard InChI is InChI=1S/C48H60N4O15/c1-25-31(65-44(61)37(57)36(29-17-13-11-14-18-29)49-42(59)26(2)50-51-34(56)23-52(8,9)10)22-48(62)41(66-43(60)30-19-15-12-16-20-30)39-46(7,32(55)21-33-47(39,24-63-33)67-28(4)54)40(58)38(64-27(3)53)35(25)45(48,5)6/h11-20,31-33,36-39,41,55,57,62H,21-24H2,1-10H3,(H-,49,51,56,59)/p+1/t31-,32-,33+,36-,37+,38+,39?,41?,46+,47-,48+/m0/s1. The summed E-state index contributed by atoms with van der Waals surface area (Å²) in [4.78, 5) is 96.3. The predicted molar refractivity (Wildman–Crippen MR) is 236 cm³/mol. The summed E-state index contributed by atoms with van der Waals surface area (Å²) in [6, 6.07) is 14.3. The number of benzene rings is 2. The highest BCUT2D eigenvalue weighted by molar-refractivity contribution is 6.38. The third-order valence-electron chi connectivity index (χ3n) is 13.7. The number of hydrogen-bond donors (Lipinski definition) is 5. The molecule has 2 saturated carbocycles. The molecular formula is C48H61N4O15+. The molecule has 3 aliphatic carbocycles. The number of rotatable bonds is 13. The van der Waals surface area contributed by atoms with Crippen molar-refractivity contribution in [3.8, 4) is 0 Å². The lowest BCUT2D eigenvalue weighted by atomic mass is 9.44. The fraction of sp³-hybridized carbons (Fsp3) is 0.542. The molecule has 2 unspecified atom stereocenters. The second kappa shape index (κ2) is 18.7. The number of likely N-dealkylation sites (N-methyl/N-ethyl adjacent to an activating group) is 1. The monoisotopic (exact) mass is 933 g/mol.